The average Bonchev–Trinajstić information content (AvgIpc) is 2.22. The van der Waals surface area contributed by atoms with Crippen molar-refractivity contribution < 1.29 is 9.13 Å². The van der Waals surface area contributed by atoms with Gasteiger partial charge < -0.3 is 10.1 Å². The molecule has 1 aromatic rings. The molecule has 0 aromatic heterocycles. The van der Waals surface area contributed by atoms with Gasteiger partial charge in [0, 0.05) is 18.2 Å². The molecule has 102 valence electrons. The first-order valence-corrected chi connectivity index (χ1v) is 6.45. The lowest BCUT2D eigenvalue weighted by molar-refractivity contribution is 0.139. The molecule has 0 amide bonds. The van der Waals surface area contributed by atoms with E-state index in [0.29, 0.717) is 11.7 Å². The Bertz CT molecular complexity index is 371. The summed E-state index contributed by atoms with van der Waals surface area (Å²) in [6, 6.07) is 6.30. The number of hydrogen-bond acceptors (Lipinski definition) is 2. The van der Waals surface area contributed by atoms with Gasteiger partial charge in [0.2, 0.25) is 0 Å². The van der Waals surface area contributed by atoms with Crippen molar-refractivity contribution in [2.24, 2.45) is 5.92 Å². The van der Waals surface area contributed by atoms with Crippen LogP contribution in [0.3, 0.4) is 0 Å². The van der Waals surface area contributed by atoms with E-state index in [-0.39, 0.29) is 17.5 Å². The van der Waals surface area contributed by atoms with Crippen molar-refractivity contribution in [3.05, 3.63) is 30.1 Å². The summed E-state index contributed by atoms with van der Waals surface area (Å²) < 4.78 is 18.9. The van der Waals surface area contributed by atoms with Gasteiger partial charge in [0.1, 0.15) is 17.7 Å². The van der Waals surface area contributed by atoms with Gasteiger partial charge in [-0.25, -0.2) is 4.39 Å². The molecule has 0 fully saturated rings. The molecule has 1 atom stereocenters. The van der Waals surface area contributed by atoms with Gasteiger partial charge >= 0.3 is 0 Å². The molecule has 0 radical (unpaired) electrons. The van der Waals surface area contributed by atoms with E-state index in [4.69, 9.17) is 4.74 Å². The zero-order chi connectivity index (χ0) is 13.8. The first kappa shape index (κ1) is 15.0. The van der Waals surface area contributed by atoms with Crippen LogP contribution >= 0.6 is 0 Å². The summed E-state index contributed by atoms with van der Waals surface area (Å²) in [5, 5.41) is 3.42. The largest absolute Gasteiger partial charge is 0.489 e. The predicted octanol–water partition coefficient (Wildman–Crippen LogP) is 3.62. The molecular formula is C15H24FNO. The maximum absolute atomic E-state index is 13.1. The maximum atomic E-state index is 13.1. The molecule has 0 aliphatic carbocycles. The Morgan fingerprint density at radius 2 is 1.94 bits per heavy atom. The van der Waals surface area contributed by atoms with Crippen LogP contribution in [0.15, 0.2) is 24.3 Å². The number of ether oxygens (including phenoxy) is 1. The van der Waals surface area contributed by atoms with Crippen LogP contribution in [-0.2, 0) is 0 Å². The van der Waals surface area contributed by atoms with E-state index in [0.717, 1.165) is 6.54 Å². The summed E-state index contributed by atoms with van der Waals surface area (Å²) in [4.78, 5) is 0. The molecule has 0 aliphatic heterocycles. The third kappa shape index (κ3) is 5.50. The fourth-order valence-electron chi connectivity index (χ4n) is 1.54. The highest BCUT2D eigenvalue weighted by atomic mass is 19.1. The Kier molecular flexibility index (Phi) is 5.15. The molecule has 2 nitrogen and oxygen atoms in total. The summed E-state index contributed by atoms with van der Waals surface area (Å²) in [5.41, 5.74) is 0.0540. The van der Waals surface area contributed by atoms with Crippen molar-refractivity contribution in [2.75, 3.05) is 6.54 Å². The molecule has 0 saturated heterocycles. The van der Waals surface area contributed by atoms with Crippen molar-refractivity contribution in [1.82, 2.24) is 5.32 Å². The van der Waals surface area contributed by atoms with E-state index in [9.17, 15) is 4.39 Å². The van der Waals surface area contributed by atoms with Crippen LogP contribution in [0, 0.1) is 11.7 Å². The Morgan fingerprint density at radius 3 is 2.44 bits per heavy atom. The van der Waals surface area contributed by atoms with E-state index in [1.165, 1.54) is 12.1 Å². The van der Waals surface area contributed by atoms with Crippen LogP contribution in [0.25, 0.3) is 0 Å². The minimum absolute atomic E-state index is 0.0334. The third-order valence-electron chi connectivity index (χ3n) is 2.66. The minimum Gasteiger partial charge on any atom is -0.489 e. The van der Waals surface area contributed by atoms with Gasteiger partial charge in [0.15, 0.2) is 0 Å². The van der Waals surface area contributed by atoms with Gasteiger partial charge in [-0.2, -0.15) is 0 Å². The smallest absolute Gasteiger partial charge is 0.126 e. The van der Waals surface area contributed by atoms with Gasteiger partial charge in [0.25, 0.3) is 0 Å². The van der Waals surface area contributed by atoms with Crippen molar-refractivity contribution in [1.29, 1.82) is 0 Å². The quantitative estimate of drug-likeness (QED) is 0.865. The Balaban J connectivity index is 2.63. The van der Waals surface area contributed by atoms with E-state index >= 15 is 0 Å². The Hall–Kier alpha value is -1.09. The topological polar surface area (TPSA) is 21.3 Å². The van der Waals surface area contributed by atoms with Gasteiger partial charge in [-0.1, -0.05) is 19.9 Å². The summed E-state index contributed by atoms with van der Waals surface area (Å²) in [6.45, 7) is 11.3. The van der Waals surface area contributed by atoms with Crippen molar-refractivity contribution in [2.45, 2.75) is 46.3 Å². The summed E-state index contributed by atoms with van der Waals surface area (Å²) in [6.07, 6.45) is 0.0334. The number of nitrogens with one attached hydrogen (secondary N) is 1. The van der Waals surface area contributed by atoms with Gasteiger partial charge in [0.05, 0.1) is 0 Å². The van der Waals surface area contributed by atoms with E-state index < -0.39 is 0 Å². The van der Waals surface area contributed by atoms with Crippen molar-refractivity contribution >= 4 is 0 Å². The van der Waals surface area contributed by atoms with Crippen LogP contribution < -0.4 is 10.1 Å². The zero-order valence-corrected chi connectivity index (χ0v) is 12.0. The molecule has 3 heteroatoms. The van der Waals surface area contributed by atoms with Gasteiger partial charge in [-0.05, 0) is 38.8 Å². The van der Waals surface area contributed by atoms with Crippen LogP contribution in [0.5, 0.6) is 5.75 Å². The number of benzene rings is 1. The first-order valence-electron chi connectivity index (χ1n) is 6.45. The first-order chi connectivity index (χ1) is 8.28. The summed E-state index contributed by atoms with van der Waals surface area (Å²) in [5.74, 6) is 0.686. The van der Waals surface area contributed by atoms with Crippen molar-refractivity contribution in [3.63, 3.8) is 0 Å². The summed E-state index contributed by atoms with van der Waals surface area (Å²) in [7, 11) is 0. The van der Waals surface area contributed by atoms with Gasteiger partial charge in [-0.15, -0.1) is 0 Å². The van der Waals surface area contributed by atoms with Gasteiger partial charge in [-0.3, -0.25) is 0 Å². The molecule has 1 rings (SSSR count). The fourth-order valence-corrected chi connectivity index (χ4v) is 1.54. The highest BCUT2D eigenvalue weighted by Crippen LogP contribution is 2.17. The van der Waals surface area contributed by atoms with Crippen LogP contribution in [0.2, 0.25) is 0 Å². The van der Waals surface area contributed by atoms with Crippen LogP contribution in [-0.4, -0.2) is 18.2 Å². The van der Waals surface area contributed by atoms with E-state index in [2.05, 4.69) is 39.9 Å². The number of hydrogen-bond donors (Lipinski definition) is 1. The molecule has 0 saturated carbocycles. The number of rotatable bonds is 5. The second-order valence-corrected chi connectivity index (χ2v) is 5.99. The zero-order valence-electron chi connectivity index (χ0n) is 12.0. The average molecular weight is 253 g/mol. The molecule has 0 spiro atoms. The highest BCUT2D eigenvalue weighted by molar-refractivity contribution is 5.22. The van der Waals surface area contributed by atoms with Crippen LogP contribution in [0.1, 0.15) is 34.6 Å². The molecule has 0 bridgehead atoms. The SMILES string of the molecule is CC(C)C(CNC(C)(C)C)Oc1cccc(F)c1. The molecule has 18 heavy (non-hydrogen) atoms. The minimum atomic E-state index is -0.265. The predicted molar refractivity (Wildman–Crippen MR) is 73.4 cm³/mol. The monoisotopic (exact) mass is 253 g/mol. The molecule has 1 unspecified atom stereocenters. The summed E-state index contributed by atoms with van der Waals surface area (Å²) >= 11 is 0. The lowest BCUT2D eigenvalue weighted by Gasteiger charge is -2.28. The fraction of sp³-hybridized carbons (Fsp3) is 0.600. The highest BCUT2D eigenvalue weighted by Gasteiger charge is 2.18. The maximum Gasteiger partial charge on any atom is 0.126 e. The third-order valence-corrected chi connectivity index (χ3v) is 2.66. The normalized spacial score (nSPS) is 13.7. The Labute approximate surface area is 110 Å². The second-order valence-electron chi connectivity index (χ2n) is 5.99. The lowest BCUT2D eigenvalue weighted by atomic mass is 10.0. The van der Waals surface area contributed by atoms with Crippen molar-refractivity contribution in [3.8, 4) is 5.75 Å². The second kappa shape index (κ2) is 6.19. The molecule has 1 aromatic carbocycles. The molecule has 0 aliphatic rings. The molecular weight excluding hydrogens is 229 g/mol. The van der Waals surface area contributed by atoms with Crippen LogP contribution in [0.4, 0.5) is 4.39 Å². The standard InChI is InChI=1S/C15H24FNO/c1-11(2)14(10-17-15(3,4)5)18-13-8-6-7-12(16)9-13/h6-9,11,14,17H,10H2,1-5H3. The van der Waals surface area contributed by atoms with E-state index in [1.807, 2.05) is 0 Å². The lowest BCUT2D eigenvalue weighted by Crippen LogP contribution is -2.44. The van der Waals surface area contributed by atoms with E-state index in [1.54, 1.807) is 12.1 Å². The molecule has 0 heterocycles. The number of halogens is 1. The Morgan fingerprint density at radius 1 is 1.28 bits per heavy atom. The molecule has 1 N–H and O–H groups in total.